The van der Waals surface area contributed by atoms with Gasteiger partial charge in [-0.25, -0.2) is 13.6 Å². The molecule has 1 amide bonds. The number of primary sulfonamides is 1. The SMILES string of the molecule is NS(=O)(=O)c1ccc(CCN2C(=O)c3ccccc3C2c2ccc(Cl)cc2)cc1. The Morgan fingerprint density at radius 3 is 2.24 bits per heavy atom. The number of nitrogens with zero attached hydrogens (tertiary/aromatic N) is 1. The van der Waals surface area contributed by atoms with Crippen LogP contribution in [0.2, 0.25) is 5.02 Å². The van der Waals surface area contributed by atoms with Crippen LogP contribution in [0.25, 0.3) is 0 Å². The summed E-state index contributed by atoms with van der Waals surface area (Å²) in [7, 11) is -3.72. The van der Waals surface area contributed by atoms with E-state index < -0.39 is 10.0 Å². The average molecular weight is 427 g/mol. The highest BCUT2D eigenvalue weighted by molar-refractivity contribution is 7.89. The Kier molecular flexibility index (Phi) is 5.17. The van der Waals surface area contributed by atoms with Crippen LogP contribution in [0.15, 0.2) is 77.7 Å². The first-order valence-electron chi connectivity index (χ1n) is 9.12. The molecule has 1 unspecified atom stereocenters. The minimum Gasteiger partial charge on any atom is -0.327 e. The third kappa shape index (κ3) is 3.92. The summed E-state index contributed by atoms with van der Waals surface area (Å²) in [6, 6.07) is 21.4. The molecular formula is C22H19ClN2O3S. The van der Waals surface area contributed by atoms with Gasteiger partial charge in [-0.1, -0.05) is 54.1 Å². The van der Waals surface area contributed by atoms with Crippen molar-refractivity contribution in [2.75, 3.05) is 6.54 Å². The van der Waals surface area contributed by atoms with Crippen molar-refractivity contribution in [2.45, 2.75) is 17.4 Å². The fraction of sp³-hybridized carbons (Fsp3) is 0.136. The van der Waals surface area contributed by atoms with E-state index >= 15 is 0 Å². The number of sulfonamides is 1. The molecule has 148 valence electrons. The predicted molar refractivity (Wildman–Crippen MR) is 112 cm³/mol. The number of halogens is 1. The second-order valence-electron chi connectivity index (χ2n) is 6.98. The zero-order chi connectivity index (χ0) is 20.6. The molecule has 1 heterocycles. The zero-order valence-electron chi connectivity index (χ0n) is 15.5. The van der Waals surface area contributed by atoms with Crippen LogP contribution in [0.4, 0.5) is 0 Å². The van der Waals surface area contributed by atoms with E-state index in [9.17, 15) is 13.2 Å². The number of rotatable bonds is 5. The topological polar surface area (TPSA) is 80.5 Å². The lowest BCUT2D eigenvalue weighted by atomic mass is 9.98. The van der Waals surface area contributed by atoms with Gasteiger partial charge >= 0.3 is 0 Å². The quantitative estimate of drug-likeness (QED) is 0.674. The van der Waals surface area contributed by atoms with Crippen LogP contribution in [-0.2, 0) is 16.4 Å². The van der Waals surface area contributed by atoms with Gasteiger partial charge in [-0.15, -0.1) is 0 Å². The number of fused-ring (bicyclic) bond motifs is 1. The molecule has 1 atom stereocenters. The summed E-state index contributed by atoms with van der Waals surface area (Å²) in [5, 5.41) is 5.80. The summed E-state index contributed by atoms with van der Waals surface area (Å²) in [6.45, 7) is 0.496. The minimum absolute atomic E-state index is 0.0123. The van der Waals surface area contributed by atoms with Gasteiger partial charge in [0.25, 0.3) is 5.91 Å². The fourth-order valence-electron chi connectivity index (χ4n) is 3.70. The lowest BCUT2D eigenvalue weighted by molar-refractivity contribution is 0.0752. The van der Waals surface area contributed by atoms with E-state index in [-0.39, 0.29) is 16.8 Å². The third-order valence-electron chi connectivity index (χ3n) is 5.14. The standard InChI is InChI=1S/C22H19ClN2O3S/c23-17-9-7-16(8-10-17)21-19-3-1-2-4-20(19)22(26)25(21)14-13-15-5-11-18(12-6-15)29(24,27)28/h1-12,21H,13-14H2,(H2,24,27,28). The van der Waals surface area contributed by atoms with E-state index in [1.807, 2.05) is 53.4 Å². The van der Waals surface area contributed by atoms with Gasteiger partial charge in [-0.2, -0.15) is 0 Å². The van der Waals surface area contributed by atoms with Crippen molar-refractivity contribution in [2.24, 2.45) is 5.14 Å². The Morgan fingerprint density at radius 2 is 1.59 bits per heavy atom. The number of benzene rings is 3. The number of nitrogens with two attached hydrogens (primary N) is 1. The maximum absolute atomic E-state index is 13.1. The number of amides is 1. The average Bonchev–Trinajstić information content (AvgIpc) is 2.99. The molecule has 7 heteroatoms. The number of hydrogen-bond donors (Lipinski definition) is 1. The molecule has 0 spiro atoms. The molecule has 29 heavy (non-hydrogen) atoms. The summed E-state index contributed by atoms with van der Waals surface area (Å²) in [5.74, 6) is -0.0123. The Labute approximate surface area is 174 Å². The van der Waals surface area contributed by atoms with Gasteiger partial charge in [0.05, 0.1) is 10.9 Å². The molecule has 0 fully saturated rings. The van der Waals surface area contributed by atoms with E-state index in [1.165, 1.54) is 12.1 Å². The van der Waals surface area contributed by atoms with Crippen LogP contribution in [0, 0.1) is 0 Å². The molecule has 4 rings (SSSR count). The Hall–Kier alpha value is -2.67. The monoisotopic (exact) mass is 426 g/mol. The van der Waals surface area contributed by atoms with Crippen molar-refractivity contribution in [3.63, 3.8) is 0 Å². The third-order valence-corrected chi connectivity index (χ3v) is 6.32. The molecule has 3 aromatic carbocycles. The Morgan fingerprint density at radius 1 is 0.931 bits per heavy atom. The van der Waals surface area contributed by atoms with Gasteiger partial charge in [0, 0.05) is 17.1 Å². The van der Waals surface area contributed by atoms with E-state index in [2.05, 4.69) is 0 Å². The second-order valence-corrected chi connectivity index (χ2v) is 8.98. The highest BCUT2D eigenvalue weighted by Gasteiger charge is 2.36. The van der Waals surface area contributed by atoms with Gasteiger partial charge in [0.15, 0.2) is 0 Å². The fourth-order valence-corrected chi connectivity index (χ4v) is 4.34. The van der Waals surface area contributed by atoms with Gasteiger partial charge in [-0.3, -0.25) is 4.79 Å². The van der Waals surface area contributed by atoms with E-state index in [4.69, 9.17) is 16.7 Å². The van der Waals surface area contributed by atoms with Crippen LogP contribution in [0.3, 0.4) is 0 Å². The Balaban J connectivity index is 1.61. The van der Waals surface area contributed by atoms with Crippen molar-refractivity contribution >= 4 is 27.5 Å². The molecule has 2 N–H and O–H groups in total. The van der Waals surface area contributed by atoms with Crippen LogP contribution in [0.5, 0.6) is 0 Å². The molecule has 1 aliphatic heterocycles. The molecule has 1 aliphatic rings. The van der Waals surface area contributed by atoms with Gasteiger partial charge < -0.3 is 4.90 Å². The normalized spacial score (nSPS) is 16.1. The molecule has 0 bridgehead atoms. The molecule has 0 saturated heterocycles. The molecule has 0 saturated carbocycles. The lowest BCUT2D eigenvalue weighted by Crippen LogP contribution is -2.30. The molecule has 0 aromatic heterocycles. The summed E-state index contributed by atoms with van der Waals surface area (Å²) in [4.78, 5) is 15.0. The van der Waals surface area contributed by atoms with Crippen molar-refractivity contribution < 1.29 is 13.2 Å². The van der Waals surface area contributed by atoms with E-state index in [1.54, 1.807) is 12.1 Å². The van der Waals surface area contributed by atoms with Gasteiger partial charge in [-0.05, 0) is 53.4 Å². The first-order valence-corrected chi connectivity index (χ1v) is 11.0. The highest BCUT2D eigenvalue weighted by atomic mass is 35.5. The molecular weight excluding hydrogens is 408 g/mol. The number of carbonyl (C=O) groups is 1. The van der Waals surface area contributed by atoms with Gasteiger partial charge in [0.2, 0.25) is 10.0 Å². The first-order chi connectivity index (χ1) is 13.8. The van der Waals surface area contributed by atoms with Crippen LogP contribution in [0.1, 0.15) is 33.1 Å². The molecule has 0 radical (unpaired) electrons. The van der Waals surface area contributed by atoms with Crippen molar-refractivity contribution in [1.29, 1.82) is 0 Å². The summed E-state index contributed by atoms with van der Waals surface area (Å²) >= 11 is 6.04. The van der Waals surface area contributed by atoms with Gasteiger partial charge in [0.1, 0.15) is 0 Å². The lowest BCUT2D eigenvalue weighted by Gasteiger charge is -2.26. The second kappa shape index (κ2) is 7.63. The maximum Gasteiger partial charge on any atom is 0.255 e. The molecule has 0 aliphatic carbocycles. The first kappa shape index (κ1) is 19.6. The van der Waals surface area contributed by atoms with E-state index in [0.717, 1.165) is 16.7 Å². The molecule has 3 aromatic rings. The van der Waals surface area contributed by atoms with Crippen LogP contribution >= 0.6 is 11.6 Å². The highest BCUT2D eigenvalue weighted by Crippen LogP contribution is 2.38. The zero-order valence-corrected chi connectivity index (χ0v) is 17.0. The number of carbonyl (C=O) groups excluding carboxylic acids is 1. The van der Waals surface area contributed by atoms with Crippen molar-refractivity contribution in [3.05, 3.63) is 100 Å². The minimum atomic E-state index is -3.72. The maximum atomic E-state index is 13.1. The Bertz CT molecular complexity index is 1160. The summed E-state index contributed by atoms with van der Waals surface area (Å²) in [5.41, 5.74) is 3.61. The van der Waals surface area contributed by atoms with E-state index in [0.29, 0.717) is 23.6 Å². The predicted octanol–water partition coefficient (Wildman–Crippen LogP) is 3.78. The molecule has 5 nitrogen and oxygen atoms in total. The summed E-state index contributed by atoms with van der Waals surface area (Å²) < 4.78 is 22.8. The van der Waals surface area contributed by atoms with Crippen LogP contribution < -0.4 is 5.14 Å². The van der Waals surface area contributed by atoms with Crippen molar-refractivity contribution in [1.82, 2.24) is 4.90 Å². The largest absolute Gasteiger partial charge is 0.327 e. The van der Waals surface area contributed by atoms with Crippen LogP contribution in [-0.4, -0.2) is 25.8 Å². The number of hydrogen-bond acceptors (Lipinski definition) is 3. The van der Waals surface area contributed by atoms with Crippen molar-refractivity contribution in [3.8, 4) is 0 Å². The smallest absolute Gasteiger partial charge is 0.255 e. The summed E-state index contributed by atoms with van der Waals surface area (Å²) in [6.07, 6.45) is 0.592.